The van der Waals surface area contributed by atoms with E-state index in [0.717, 1.165) is 29.5 Å². The summed E-state index contributed by atoms with van der Waals surface area (Å²) in [6, 6.07) is 4.62. The Hall–Kier alpha value is -2.61. The number of alkyl halides is 3. The molecule has 1 aliphatic carbocycles. The monoisotopic (exact) mass is 471 g/mol. The summed E-state index contributed by atoms with van der Waals surface area (Å²) in [5, 5.41) is 9.02. The highest BCUT2D eigenvalue weighted by molar-refractivity contribution is 8.00. The third-order valence-corrected chi connectivity index (χ3v) is 6.07. The lowest BCUT2D eigenvalue weighted by molar-refractivity contribution is -0.275. The van der Waals surface area contributed by atoms with Gasteiger partial charge in [0.25, 0.3) is 5.91 Å². The Morgan fingerprint density at radius 3 is 2.44 bits per heavy atom. The zero-order valence-electron chi connectivity index (χ0n) is 17.9. The molecule has 1 saturated heterocycles. The topological polar surface area (TPSA) is 82.9 Å². The smallest absolute Gasteiger partial charge is 0.444 e. The first-order valence-electron chi connectivity index (χ1n) is 10.1. The van der Waals surface area contributed by atoms with Crippen molar-refractivity contribution in [2.24, 2.45) is 0 Å². The van der Waals surface area contributed by atoms with Crippen LogP contribution in [-0.4, -0.2) is 57.6 Å². The summed E-state index contributed by atoms with van der Waals surface area (Å²) in [4.78, 5) is 28.5. The van der Waals surface area contributed by atoms with Crippen molar-refractivity contribution in [3.63, 3.8) is 0 Å². The molecule has 0 aromatic heterocycles. The fraction of sp³-hybridized carbons (Fsp3) is 0.571. The molecule has 0 radical (unpaired) electrons. The molecule has 7 nitrogen and oxygen atoms in total. The van der Waals surface area contributed by atoms with Gasteiger partial charge in [0.05, 0.1) is 4.90 Å². The van der Waals surface area contributed by atoms with Gasteiger partial charge < -0.3 is 9.47 Å². The van der Waals surface area contributed by atoms with Crippen LogP contribution in [0.1, 0.15) is 40.0 Å². The van der Waals surface area contributed by atoms with Gasteiger partial charge in [-0.25, -0.2) is 9.69 Å². The zero-order chi connectivity index (χ0) is 23.7. The summed E-state index contributed by atoms with van der Waals surface area (Å²) >= 11 is 1.09. The maximum absolute atomic E-state index is 13.1. The van der Waals surface area contributed by atoms with Gasteiger partial charge in [-0.15, -0.1) is 24.9 Å². The SMILES string of the molecule is CC(C)(C)OC(=O)N1C[C@H](Sc2ccccc2OC(F)(F)F)C[C@H]1C(=O)N(C#N)C1CC1. The molecule has 2 fully saturated rings. The maximum atomic E-state index is 13.1. The van der Waals surface area contributed by atoms with Crippen LogP contribution in [0.25, 0.3) is 0 Å². The van der Waals surface area contributed by atoms with Gasteiger partial charge in [0, 0.05) is 17.8 Å². The van der Waals surface area contributed by atoms with E-state index in [2.05, 4.69) is 4.74 Å². The molecule has 1 aliphatic heterocycles. The second-order valence-electron chi connectivity index (χ2n) is 8.66. The summed E-state index contributed by atoms with van der Waals surface area (Å²) < 4.78 is 47.8. The predicted octanol–water partition coefficient (Wildman–Crippen LogP) is 4.53. The van der Waals surface area contributed by atoms with Crippen LogP contribution in [-0.2, 0) is 9.53 Å². The fourth-order valence-corrected chi connectivity index (χ4v) is 4.64. The largest absolute Gasteiger partial charge is 0.573 e. The van der Waals surface area contributed by atoms with E-state index in [0.29, 0.717) is 0 Å². The highest BCUT2D eigenvalue weighted by Gasteiger charge is 2.46. The molecule has 1 saturated carbocycles. The van der Waals surface area contributed by atoms with Gasteiger partial charge >= 0.3 is 12.5 Å². The van der Waals surface area contributed by atoms with E-state index in [-0.39, 0.29) is 29.7 Å². The first kappa shape index (κ1) is 24.0. The normalized spacial score (nSPS) is 21.1. The molecule has 3 rings (SSSR count). The third-order valence-electron chi connectivity index (χ3n) is 4.80. The van der Waals surface area contributed by atoms with Crippen LogP contribution in [0.15, 0.2) is 29.2 Å². The number of nitrogens with zero attached hydrogens (tertiary/aromatic N) is 3. The molecule has 1 aromatic rings. The molecule has 0 unspecified atom stereocenters. The summed E-state index contributed by atoms with van der Waals surface area (Å²) in [6.07, 6.45) is -2.03. The van der Waals surface area contributed by atoms with Gasteiger partial charge in [-0.2, -0.15) is 5.26 Å². The van der Waals surface area contributed by atoms with Crippen molar-refractivity contribution in [3.05, 3.63) is 24.3 Å². The Labute approximate surface area is 188 Å². The van der Waals surface area contributed by atoms with Crippen molar-refractivity contribution < 1.29 is 32.2 Å². The number of benzene rings is 1. The fourth-order valence-electron chi connectivity index (χ4n) is 3.38. The van der Waals surface area contributed by atoms with Gasteiger partial charge in [-0.05, 0) is 52.2 Å². The Morgan fingerprint density at radius 1 is 1.22 bits per heavy atom. The van der Waals surface area contributed by atoms with Gasteiger partial charge in [0.15, 0.2) is 6.19 Å². The van der Waals surface area contributed by atoms with Crippen LogP contribution in [0, 0.1) is 11.5 Å². The average Bonchev–Trinajstić information content (AvgIpc) is 3.40. The van der Waals surface area contributed by atoms with Crippen molar-refractivity contribution >= 4 is 23.8 Å². The summed E-state index contributed by atoms with van der Waals surface area (Å²) in [5.74, 6) is -0.844. The lowest BCUT2D eigenvalue weighted by atomic mass is 10.2. The van der Waals surface area contributed by atoms with Gasteiger partial charge in [-0.3, -0.25) is 9.69 Å². The Bertz CT molecular complexity index is 909. The molecule has 1 aromatic carbocycles. The standard InChI is InChI=1S/C21H24F3N3O4S/c1-20(2,3)31-19(29)26-11-14(10-15(26)18(28)27(12-25)13-8-9-13)32-17-7-5-4-6-16(17)30-21(22,23)24/h4-7,13-15H,8-11H2,1-3H3/t14-,15+/m1/s1. The van der Waals surface area contributed by atoms with Crippen LogP contribution < -0.4 is 4.74 Å². The Balaban J connectivity index is 1.81. The molecular weight excluding hydrogens is 447 g/mol. The van der Waals surface area contributed by atoms with Crippen molar-refractivity contribution in [2.75, 3.05) is 6.54 Å². The number of thioether (sulfide) groups is 1. The van der Waals surface area contributed by atoms with Crippen LogP contribution in [0.4, 0.5) is 18.0 Å². The number of carbonyl (C=O) groups excluding carboxylic acids is 2. The molecule has 0 N–H and O–H groups in total. The van der Waals surface area contributed by atoms with Crippen LogP contribution in [0.3, 0.4) is 0 Å². The number of hydrogen-bond acceptors (Lipinski definition) is 6. The predicted molar refractivity (Wildman–Crippen MR) is 110 cm³/mol. The molecule has 0 bridgehead atoms. The molecule has 174 valence electrons. The first-order valence-corrected chi connectivity index (χ1v) is 11.0. The number of amides is 2. The molecule has 0 spiro atoms. The molecule has 2 aliphatic rings. The van der Waals surface area contributed by atoms with Gasteiger partial charge in [-0.1, -0.05) is 12.1 Å². The summed E-state index contributed by atoms with van der Waals surface area (Å²) in [5.41, 5.74) is -0.797. The van der Waals surface area contributed by atoms with E-state index in [1.54, 1.807) is 26.8 Å². The van der Waals surface area contributed by atoms with E-state index in [9.17, 15) is 28.0 Å². The second-order valence-corrected chi connectivity index (χ2v) is 10.0. The lowest BCUT2D eigenvalue weighted by Crippen LogP contribution is -2.48. The minimum Gasteiger partial charge on any atom is -0.444 e. The quantitative estimate of drug-likeness (QED) is 0.464. The van der Waals surface area contributed by atoms with E-state index < -0.39 is 35.3 Å². The minimum absolute atomic E-state index is 0.0836. The highest BCUT2D eigenvalue weighted by Crippen LogP contribution is 2.40. The number of likely N-dealkylation sites (tertiary alicyclic amines) is 1. The van der Waals surface area contributed by atoms with Crippen molar-refractivity contribution in [3.8, 4) is 11.9 Å². The highest BCUT2D eigenvalue weighted by atomic mass is 32.2. The van der Waals surface area contributed by atoms with Gasteiger partial charge in [0.1, 0.15) is 17.4 Å². The number of halogens is 3. The van der Waals surface area contributed by atoms with Crippen molar-refractivity contribution in [1.82, 2.24) is 9.80 Å². The van der Waals surface area contributed by atoms with Crippen molar-refractivity contribution in [1.29, 1.82) is 5.26 Å². The zero-order valence-corrected chi connectivity index (χ0v) is 18.7. The van der Waals surface area contributed by atoms with E-state index in [1.807, 2.05) is 6.19 Å². The van der Waals surface area contributed by atoms with E-state index in [4.69, 9.17) is 4.74 Å². The number of carbonyl (C=O) groups is 2. The number of hydrogen-bond donors (Lipinski definition) is 0. The molecule has 32 heavy (non-hydrogen) atoms. The lowest BCUT2D eigenvalue weighted by Gasteiger charge is -2.29. The Kier molecular flexibility index (Phi) is 6.83. The maximum Gasteiger partial charge on any atom is 0.573 e. The average molecular weight is 472 g/mol. The number of nitriles is 1. The minimum atomic E-state index is -4.84. The molecule has 2 atom stereocenters. The van der Waals surface area contributed by atoms with E-state index >= 15 is 0 Å². The first-order chi connectivity index (χ1) is 14.9. The molecule has 11 heteroatoms. The Morgan fingerprint density at radius 2 is 1.88 bits per heavy atom. The van der Waals surface area contributed by atoms with E-state index in [1.165, 1.54) is 23.1 Å². The number of ether oxygens (including phenoxy) is 2. The second kappa shape index (κ2) is 9.10. The number of para-hydroxylation sites is 1. The van der Waals surface area contributed by atoms with Crippen LogP contribution in [0.5, 0.6) is 5.75 Å². The summed E-state index contributed by atoms with van der Waals surface area (Å²) in [7, 11) is 0. The third kappa shape index (κ3) is 6.22. The summed E-state index contributed by atoms with van der Waals surface area (Å²) in [6.45, 7) is 5.17. The van der Waals surface area contributed by atoms with Gasteiger partial charge in [0.2, 0.25) is 0 Å². The van der Waals surface area contributed by atoms with Crippen LogP contribution >= 0.6 is 11.8 Å². The van der Waals surface area contributed by atoms with Crippen LogP contribution in [0.2, 0.25) is 0 Å². The number of rotatable bonds is 5. The molecular formula is C21H24F3N3O4S. The molecule has 2 amide bonds. The molecule has 1 heterocycles. The van der Waals surface area contributed by atoms with Crippen molar-refractivity contribution in [2.45, 2.75) is 74.2 Å².